The van der Waals surface area contributed by atoms with Gasteiger partial charge in [0.15, 0.2) is 0 Å². The number of nitrogens with one attached hydrogen (secondary N) is 1. The highest BCUT2D eigenvalue weighted by Crippen LogP contribution is 2.30. The largest absolute Gasteiger partial charge is 0.416 e. The van der Waals surface area contributed by atoms with Gasteiger partial charge in [0.25, 0.3) is 10.0 Å². The Hall–Kier alpha value is -2.35. The predicted molar refractivity (Wildman–Crippen MR) is 74.1 cm³/mol. The molecule has 0 radical (unpaired) electrons. The predicted octanol–water partition coefficient (Wildman–Crippen LogP) is 3.32. The Labute approximate surface area is 124 Å². The van der Waals surface area contributed by atoms with Crippen molar-refractivity contribution < 1.29 is 26.4 Å². The fourth-order valence-electron chi connectivity index (χ4n) is 1.67. The SMILES string of the molecule is O=Cc1ccc(S(=O)(=O)Nc2ccc(C(F)(F)F)cc2)cc1. The maximum atomic E-state index is 12.4. The first-order valence-corrected chi connectivity index (χ1v) is 7.46. The molecule has 0 saturated carbocycles. The third-order valence-electron chi connectivity index (χ3n) is 2.79. The lowest BCUT2D eigenvalue weighted by Crippen LogP contribution is -2.13. The second-order valence-corrected chi connectivity index (χ2v) is 6.05. The molecule has 0 spiro atoms. The van der Waals surface area contributed by atoms with Crippen LogP contribution in [0.5, 0.6) is 0 Å². The lowest BCUT2D eigenvalue weighted by atomic mass is 10.2. The molecule has 2 aromatic rings. The van der Waals surface area contributed by atoms with Gasteiger partial charge in [0.2, 0.25) is 0 Å². The van der Waals surface area contributed by atoms with Gasteiger partial charge in [-0.3, -0.25) is 9.52 Å². The molecular formula is C14H10F3NO3S. The number of halogens is 3. The van der Waals surface area contributed by atoms with E-state index >= 15 is 0 Å². The Morgan fingerprint density at radius 3 is 1.91 bits per heavy atom. The molecule has 0 aliphatic rings. The second kappa shape index (κ2) is 5.80. The Morgan fingerprint density at radius 1 is 0.909 bits per heavy atom. The summed E-state index contributed by atoms with van der Waals surface area (Å²) in [6.07, 6.45) is -3.91. The maximum absolute atomic E-state index is 12.4. The summed E-state index contributed by atoms with van der Waals surface area (Å²) in [7, 11) is -3.93. The number of aldehydes is 1. The van der Waals surface area contributed by atoms with Crippen LogP contribution in [0.1, 0.15) is 15.9 Å². The first-order valence-electron chi connectivity index (χ1n) is 5.98. The number of hydrogen-bond donors (Lipinski definition) is 1. The number of hydrogen-bond acceptors (Lipinski definition) is 3. The molecule has 0 aliphatic heterocycles. The van der Waals surface area contributed by atoms with Gasteiger partial charge in [-0.1, -0.05) is 12.1 Å². The first kappa shape index (κ1) is 16.0. The molecule has 2 rings (SSSR count). The van der Waals surface area contributed by atoms with Crippen LogP contribution in [0.2, 0.25) is 0 Å². The standard InChI is InChI=1S/C14H10F3NO3S/c15-14(16,17)11-3-5-12(6-4-11)18-22(20,21)13-7-1-10(9-19)2-8-13/h1-9,18H. The van der Waals surface area contributed by atoms with Crippen LogP contribution in [0.3, 0.4) is 0 Å². The van der Waals surface area contributed by atoms with Gasteiger partial charge in [-0.25, -0.2) is 8.42 Å². The zero-order valence-electron chi connectivity index (χ0n) is 11.0. The highest BCUT2D eigenvalue weighted by Gasteiger charge is 2.30. The molecular weight excluding hydrogens is 319 g/mol. The third kappa shape index (κ3) is 3.64. The number of carbonyl (C=O) groups excluding carboxylic acids is 1. The van der Waals surface area contributed by atoms with Crippen molar-refractivity contribution in [3.05, 3.63) is 59.7 Å². The molecule has 116 valence electrons. The van der Waals surface area contributed by atoms with Gasteiger partial charge in [0.05, 0.1) is 10.5 Å². The smallest absolute Gasteiger partial charge is 0.298 e. The minimum atomic E-state index is -4.48. The number of sulfonamides is 1. The average molecular weight is 329 g/mol. The molecule has 0 bridgehead atoms. The molecule has 0 unspecified atom stereocenters. The number of rotatable bonds is 4. The monoisotopic (exact) mass is 329 g/mol. The fraction of sp³-hybridized carbons (Fsp3) is 0.0714. The lowest BCUT2D eigenvalue weighted by molar-refractivity contribution is -0.137. The van der Waals surface area contributed by atoms with Crippen LogP contribution in [0.15, 0.2) is 53.4 Å². The molecule has 0 atom stereocenters. The van der Waals surface area contributed by atoms with Crippen LogP contribution in [0.4, 0.5) is 18.9 Å². The number of anilines is 1. The number of carbonyl (C=O) groups is 1. The molecule has 0 aliphatic carbocycles. The number of alkyl halides is 3. The van der Waals surface area contributed by atoms with Gasteiger partial charge in [-0.2, -0.15) is 13.2 Å². The van der Waals surface area contributed by atoms with Crippen molar-refractivity contribution in [3.8, 4) is 0 Å². The van der Waals surface area contributed by atoms with E-state index in [1.807, 2.05) is 0 Å². The van der Waals surface area contributed by atoms with E-state index in [2.05, 4.69) is 4.72 Å². The summed E-state index contributed by atoms with van der Waals surface area (Å²) in [6.45, 7) is 0. The quantitative estimate of drug-likeness (QED) is 0.875. The Morgan fingerprint density at radius 2 is 1.45 bits per heavy atom. The van der Waals surface area contributed by atoms with Crippen molar-refractivity contribution in [2.24, 2.45) is 0 Å². The Kier molecular flexibility index (Phi) is 4.23. The van der Waals surface area contributed by atoms with Gasteiger partial charge in [-0.05, 0) is 36.4 Å². The van der Waals surface area contributed by atoms with Crippen LogP contribution in [-0.4, -0.2) is 14.7 Å². The van der Waals surface area contributed by atoms with E-state index in [-0.39, 0.29) is 10.6 Å². The van der Waals surface area contributed by atoms with Gasteiger partial charge in [-0.15, -0.1) is 0 Å². The van der Waals surface area contributed by atoms with Gasteiger partial charge in [0, 0.05) is 11.3 Å². The molecule has 0 heterocycles. The topological polar surface area (TPSA) is 63.2 Å². The van der Waals surface area contributed by atoms with Crippen molar-refractivity contribution >= 4 is 22.0 Å². The summed E-state index contributed by atoms with van der Waals surface area (Å²) >= 11 is 0. The third-order valence-corrected chi connectivity index (χ3v) is 4.19. The van der Waals surface area contributed by atoms with Crippen LogP contribution in [-0.2, 0) is 16.2 Å². The zero-order chi connectivity index (χ0) is 16.4. The minimum absolute atomic E-state index is 0.00691. The van der Waals surface area contributed by atoms with E-state index in [1.54, 1.807) is 0 Å². The highest BCUT2D eigenvalue weighted by atomic mass is 32.2. The molecule has 4 nitrogen and oxygen atoms in total. The van der Waals surface area contributed by atoms with Gasteiger partial charge in [0.1, 0.15) is 6.29 Å². The van der Waals surface area contributed by atoms with Gasteiger partial charge >= 0.3 is 6.18 Å². The normalized spacial score (nSPS) is 12.0. The van der Waals surface area contributed by atoms with E-state index in [9.17, 15) is 26.4 Å². The molecule has 1 N–H and O–H groups in total. The Balaban J connectivity index is 2.22. The van der Waals surface area contributed by atoms with Crippen molar-refractivity contribution in [1.82, 2.24) is 0 Å². The van der Waals surface area contributed by atoms with Crippen molar-refractivity contribution in [1.29, 1.82) is 0 Å². The van der Waals surface area contributed by atoms with Crippen LogP contribution >= 0.6 is 0 Å². The molecule has 0 aromatic heterocycles. The second-order valence-electron chi connectivity index (χ2n) is 4.37. The van der Waals surface area contributed by atoms with Crippen LogP contribution in [0.25, 0.3) is 0 Å². The molecule has 22 heavy (non-hydrogen) atoms. The first-order chi connectivity index (χ1) is 10.2. The average Bonchev–Trinajstić information content (AvgIpc) is 2.46. The van der Waals surface area contributed by atoms with Crippen LogP contribution in [0, 0.1) is 0 Å². The lowest BCUT2D eigenvalue weighted by Gasteiger charge is -2.10. The fourth-order valence-corrected chi connectivity index (χ4v) is 2.73. The summed E-state index contributed by atoms with van der Waals surface area (Å²) in [5.74, 6) is 0. The van der Waals surface area contributed by atoms with E-state index in [0.29, 0.717) is 11.8 Å². The highest BCUT2D eigenvalue weighted by molar-refractivity contribution is 7.92. The van der Waals surface area contributed by atoms with Crippen molar-refractivity contribution in [2.45, 2.75) is 11.1 Å². The van der Waals surface area contributed by atoms with E-state index < -0.39 is 21.8 Å². The van der Waals surface area contributed by atoms with E-state index in [1.165, 1.54) is 24.3 Å². The van der Waals surface area contributed by atoms with Gasteiger partial charge < -0.3 is 0 Å². The maximum Gasteiger partial charge on any atom is 0.416 e. The summed E-state index contributed by atoms with van der Waals surface area (Å²) in [5.41, 5.74) is -0.549. The number of benzene rings is 2. The van der Waals surface area contributed by atoms with Crippen molar-refractivity contribution in [3.63, 3.8) is 0 Å². The van der Waals surface area contributed by atoms with Crippen LogP contribution < -0.4 is 4.72 Å². The van der Waals surface area contributed by atoms with Crippen molar-refractivity contribution in [2.75, 3.05) is 4.72 Å². The van der Waals surface area contributed by atoms with E-state index in [0.717, 1.165) is 24.3 Å². The minimum Gasteiger partial charge on any atom is -0.298 e. The summed E-state index contributed by atoms with van der Waals surface area (Å²) in [4.78, 5) is 10.4. The summed E-state index contributed by atoms with van der Waals surface area (Å²) < 4.78 is 63.6. The molecule has 0 amide bonds. The summed E-state index contributed by atoms with van der Waals surface area (Å²) in [6, 6.07) is 8.75. The van der Waals surface area contributed by atoms with E-state index in [4.69, 9.17) is 0 Å². The summed E-state index contributed by atoms with van der Waals surface area (Å²) in [5, 5.41) is 0. The Bertz CT molecular complexity index is 766. The molecule has 0 fully saturated rings. The molecule has 8 heteroatoms. The molecule has 2 aromatic carbocycles. The zero-order valence-corrected chi connectivity index (χ0v) is 11.8. The molecule has 0 saturated heterocycles.